The van der Waals surface area contributed by atoms with E-state index in [1.165, 1.54) is 0 Å². The summed E-state index contributed by atoms with van der Waals surface area (Å²) in [7, 11) is 0. The Morgan fingerprint density at radius 1 is 1.39 bits per heavy atom. The maximum Gasteiger partial charge on any atom is 0.252 e. The molecule has 1 aromatic rings. The SMILES string of the molecule is CC(C)C[C@H]1C(=O)NCCN1C(=O)[C@H](C)OCc1ccncc1. The van der Waals surface area contributed by atoms with E-state index in [0.29, 0.717) is 32.0 Å². The number of pyridine rings is 1. The minimum atomic E-state index is -0.580. The average Bonchev–Trinajstić information content (AvgIpc) is 2.54. The van der Waals surface area contributed by atoms with Gasteiger partial charge in [-0.2, -0.15) is 0 Å². The van der Waals surface area contributed by atoms with Crippen LogP contribution in [0.2, 0.25) is 0 Å². The standard InChI is InChI=1S/C17H25N3O3/c1-12(2)10-15-16(21)19-8-9-20(15)17(22)13(3)23-11-14-4-6-18-7-5-14/h4-7,12-13,15H,8-11H2,1-3H3,(H,19,21)/t13-,15-/m0/s1. The van der Waals surface area contributed by atoms with Crippen LogP contribution in [0.3, 0.4) is 0 Å². The van der Waals surface area contributed by atoms with Crippen LogP contribution in [0.4, 0.5) is 0 Å². The number of carbonyl (C=O) groups excluding carboxylic acids is 2. The number of piperazine rings is 1. The van der Waals surface area contributed by atoms with E-state index in [0.717, 1.165) is 5.56 Å². The highest BCUT2D eigenvalue weighted by Gasteiger charge is 2.35. The second kappa shape index (κ2) is 8.06. The molecule has 0 unspecified atom stereocenters. The number of nitrogens with zero attached hydrogens (tertiary/aromatic N) is 2. The van der Waals surface area contributed by atoms with Crippen LogP contribution in [0.1, 0.15) is 32.8 Å². The summed E-state index contributed by atoms with van der Waals surface area (Å²) in [4.78, 5) is 30.4. The largest absolute Gasteiger partial charge is 0.364 e. The van der Waals surface area contributed by atoms with Crippen molar-refractivity contribution in [2.75, 3.05) is 13.1 Å². The average molecular weight is 319 g/mol. The maximum atomic E-state index is 12.7. The summed E-state index contributed by atoms with van der Waals surface area (Å²) in [5, 5.41) is 2.84. The second-order valence-corrected chi connectivity index (χ2v) is 6.28. The molecule has 2 heterocycles. The van der Waals surface area contributed by atoms with Crippen molar-refractivity contribution >= 4 is 11.8 Å². The minimum absolute atomic E-state index is 0.0698. The van der Waals surface area contributed by atoms with Crippen LogP contribution in [0.5, 0.6) is 0 Å². The Labute approximate surface area is 137 Å². The van der Waals surface area contributed by atoms with E-state index < -0.39 is 12.1 Å². The third-order valence-corrected chi connectivity index (χ3v) is 3.91. The summed E-state index contributed by atoms with van der Waals surface area (Å²) in [5.41, 5.74) is 0.967. The Bertz CT molecular complexity index is 533. The van der Waals surface area contributed by atoms with Gasteiger partial charge >= 0.3 is 0 Å². The molecule has 2 amide bonds. The van der Waals surface area contributed by atoms with Crippen molar-refractivity contribution in [3.8, 4) is 0 Å². The summed E-state index contributed by atoms with van der Waals surface area (Å²) in [6, 6.07) is 3.31. The number of amides is 2. The Balaban J connectivity index is 1.97. The molecule has 6 nitrogen and oxygen atoms in total. The van der Waals surface area contributed by atoms with Crippen molar-refractivity contribution in [2.45, 2.75) is 45.9 Å². The predicted molar refractivity (Wildman–Crippen MR) is 86.5 cm³/mol. The molecule has 0 bridgehead atoms. The van der Waals surface area contributed by atoms with Gasteiger partial charge in [0.05, 0.1) is 6.61 Å². The van der Waals surface area contributed by atoms with Crippen molar-refractivity contribution in [1.82, 2.24) is 15.2 Å². The summed E-state index contributed by atoms with van der Waals surface area (Å²) < 4.78 is 5.68. The van der Waals surface area contributed by atoms with E-state index in [9.17, 15) is 9.59 Å². The van der Waals surface area contributed by atoms with E-state index in [-0.39, 0.29) is 11.8 Å². The number of ether oxygens (including phenoxy) is 1. The van der Waals surface area contributed by atoms with Crippen molar-refractivity contribution in [2.24, 2.45) is 5.92 Å². The number of aromatic nitrogens is 1. The van der Waals surface area contributed by atoms with Crippen LogP contribution in [-0.2, 0) is 20.9 Å². The number of carbonyl (C=O) groups is 2. The van der Waals surface area contributed by atoms with Gasteiger partial charge in [0, 0.05) is 25.5 Å². The molecular weight excluding hydrogens is 294 g/mol. The zero-order valence-electron chi connectivity index (χ0n) is 14.0. The lowest BCUT2D eigenvalue weighted by Crippen LogP contribution is -2.59. The molecule has 1 aliphatic heterocycles. The highest BCUT2D eigenvalue weighted by Crippen LogP contribution is 2.17. The Kier molecular flexibility index (Phi) is 6.10. The predicted octanol–water partition coefficient (Wildman–Crippen LogP) is 1.36. The Morgan fingerprint density at radius 3 is 2.74 bits per heavy atom. The molecule has 0 aliphatic carbocycles. The lowest BCUT2D eigenvalue weighted by atomic mass is 9.99. The normalized spacial score (nSPS) is 19.6. The first-order valence-electron chi connectivity index (χ1n) is 8.07. The minimum Gasteiger partial charge on any atom is -0.364 e. The van der Waals surface area contributed by atoms with Crippen LogP contribution < -0.4 is 5.32 Å². The molecule has 0 radical (unpaired) electrons. The summed E-state index contributed by atoms with van der Waals surface area (Å²) in [5.74, 6) is 0.145. The molecule has 1 aliphatic rings. The third-order valence-electron chi connectivity index (χ3n) is 3.91. The lowest BCUT2D eigenvalue weighted by molar-refractivity contribution is -0.152. The molecule has 1 N–H and O–H groups in total. The summed E-state index contributed by atoms with van der Waals surface area (Å²) in [6.07, 6.45) is 3.47. The lowest BCUT2D eigenvalue weighted by Gasteiger charge is -2.37. The molecule has 2 atom stereocenters. The van der Waals surface area contributed by atoms with Crippen molar-refractivity contribution in [1.29, 1.82) is 0 Å². The van der Waals surface area contributed by atoms with E-state index >= 15 is 0 Å². The molecule has 0 aromatic carbocycles. The third kappa shape index (κ3) is 4.76. The molecule has 2 rings (SSSR count). The number of hydrogen-bond acceptors (Lipinski definition) is 4. The maximum absolute atomic E-state index is 12.7. The van der Waals surface area contributed by atoms with Crippen LogP contribution in [0, 0.1) is 5.92 Å². The Morgan fingerprint density at radius 2 is 2.09 bits per heavy atom. The van der Waals surface area contributed by atoms with Gasteiger partial charge in [0.25, 0.3) is 5.91 Å². The number of hydrogen-bond donors (Lipinski definition) is 1. The monoisotopic (exact) mass is 319 g/mol. The van der Waals surface area contributed by atoms with Gasteiger partial charge < -0.3 is 15.0 Å². The molecule has 1 fully saturated rings. The van der Waals surface area contributed by atoms with Crippen LogP contribution >= 0.6 is 0 Å². The first-order valence-corrected chi connectivity index (χ1v) is 8.07. The van der Waals surface area contributed by atoms with Gasteiger partial charge in [0.15, 0.2) is 0 Å². The van der Waals surface area contributed by atoms with Gasteiger partial charge in [-0.05, 0) is 37.0 Å². The van der Waals surface area contributed by atoms with Gasteiger partial charge in [0.2, 0.25) is 5.91 Å². The van der Waals surface area contributed by atoms with E-state index in [2.05, 4.69) is 10.3 Å². The number of rotatable bonds is 6. The molecule has 23 heavy (non-hydrogen) atoms. The van der Waals surface area contributed by atoms with E-state index in [1.807, 2.05) is 26.0 Å². The quantitative estimate of drug-likeness (QED) is 0.859. The zero-order valence-corrected chi connectivity index (χ0v) is 14.0. The summed E-state index contributed by atoms with van der Waals surface area (Å²) in [6.45, 7) is 7.22. The van der Waals surface area contributed by atoms with Crippen LogP contribution in [0.15, 0.2) is 24.5 Å². The van der Waals surface area contributed by atoms with Gasteiger partial charge in [-0.1, -0.05) is 13.8 Å². The molecule has 1 saturated heterocycles. The van der Waals surface area contributed by atoms with Gasteiger partial charge in [-0.3, -0.25) is 14.6 Å². The smallest absolute Gasteiger partial charge is 0.252 e. The number of nitrogens with one attached hydrogen (secondary N) is 1. The fourth-order valence-corrected chi connectivity index (χ4v) is 2.66. The van der Waals surface area contributed by atoms with E-state index in [4.69, 9.17) is 4.74 Å². The van der Waals surface area contributed by atoms with Gasteiger partial charge in [0.1, 0.15) is 12.1 Å². The molecule has 1 aromatic heterocycles. The molecule has 6 heteroatoms. The van der Waals surface area contributed by atoms with Crippen LogP contribution in [0.25, 0.3) is 0 Å². The van der Waals surface area contributed by atoms with Crippen LogP contribution in [-0.4, -0.2) is 46.9 Å². The van der Waals surface area contributed by atoms with E-state index in [1.54, 1.807) is 24.2 Å². The fourth-order valence-electron chi connectivity index (χ4n) is 2.66. The highest BCUT2D eigenvalue weighted by atomic mass is 16.5. The highest BCUT2D eigenvalue weighted by molar-refractivity contribution is 5.90. The van der Waals surface area contributed by atoms with Crippen molar-refractivity contribution in [3.05, 3.63) is 30.1 Å². The molecule has 126 valence electrons. The zero-order chi connectivity index (χ0) is 16.8. The topological polar surface area (TPSA) is 71.5 Å². The molecule has 0 saturated carbocycles. The molecular formula is C17H25N3O3. The van der Waals surface area contributed by atoms with Crippen molar-refractivity contribution < 1.29 is 14.3 Å². The first kappa shape index (κ1) is 17.4. The van der Waals surface area contributed by atoms with Gasteiger partial charge in [-0.25, -0.2) is 0 Å². The fraction of sp³-hybridized carbons (Fsp3) is 0.588. The molecule has 0 spiro atoms. The first-order chi connectivity index (χ1) is 11.0. The second-order valence-electron chi connectivity index (χ2n) is 6.28. The summed E-state index contributed by atoms with van der Waals surface area (Å²) >= 11 is 0. The Hall–Kier alpha value is -1.95. The van der Waals surface area contributed by atoms with Crippen molar-refractivity contribution in [3.63, 3.8) is 0 Å². The van der Waals surface area contributed by atoms with Gasteiger partial charge in [-0.15, -0.1) is 0 Å².